The van der Waals surface area contributed by atoms with Crippen LogP contribution in [0.3, 0.4) is 0 Å². The Morgan fingerprint density at radius 3 is 2.90 bits per heavy atom. The van der Waals surface area contributed by atoms with Gasteiger partial charge >= 0.3 is 0 Å². The van der Waals surface area contributed by atoms with Gasteiger partial charge in [-0.1, -0.05) is 11.6 Å². The van der Waals surface area contributed by atoms with Gasteiger partial charge in [0, 0.05) is 12.1 Å². The maximum Gasteiger partial charge on any atom is 0.293 e. The normalized spacial score (nSPS) is 10.7. The van der Waals surface area contributed by atoms with Crippen LogP contribution in [0.25, 0.3) is 11.1 Å². The summed E-state index contributed by atoms with van der Waals surface area (Å²) in [5, 5.41) is 10.8. The van der Waals surface area contributed by atoms with Gasteiger partial charge in [-0.15, -0.1) is 0 Å². The molecule has 0 aliphatic heterocycles. The summed E-state index contributed by atoms with van der Waals surface area (Å²) in [6.07, 6.45) is 1.32. The number of nitro benzene ring substituents is 1. The number of anilines is 1. The molecule has 0 bridgehead atoms. The molecule has 2 aromatic carbocycles. The van der Waals surface area contributed by atoms with Crippen LogP contribution in [-0.2, 0) is 0 Å². The Morgan fingerprint density at radius 2 is 2.14 bits per heavy atom. The predicted molar refractivity (Wildman–Crippen MR) is 76.6 cm³/mol. The lowest BCUT2D eigenvalue weighted by atomic mass is 10.2. The van der Waals surface area contributed by atoms with Crippen molar-refractivity contribution in [2.24, 2.45) is 0 Å². The van der Waals surface area contributed by atoms with E-state index < -0.39 is 4.92 Å². The van der Waals surface area contributed by atoms with Gasteiger partial charge in [-0.05, 0) is 18.2 Å². The average molecular weight is 306 g/mol. The van der Waals surface area contributed by atoms with E-state index in [0.717, 1.165) is 0 Å². The molecule has 0 saturated carbocycles. The monoisotopic (exact) mass is 305 g/mol. The molecular weight excluding hydrogens is 298 g/mol. The number of aromatic nitrogens is 1. The number of oxazole rings is 1. The van der Waals surface area contributed by atoms with Crippen molar-refractivity contribution >= 4 is 34.1 Å². The molecule has 21 heavy (non-hydrogen) atoms. The van der Waals surface area contributed by atoms with Crippen LogP contribution < -0.4 is 10.5 Å². The Balaban J connectivity index is 1.97. The van der Waals surface area contributed by atoms with Crippen LogP contribution in [0, 0.1) is 10.1 Å². The molecule has 0 amide bonds. The zero-order valence-corrected chi connectivity index (χ0v) is 11.2. The molecule has 0 spiro atoms. The largest absolute Gasteiger partial charge is 0.456 e. The summed E-state index contributed by atoms with van der Waals surface area (Å²) in [5.41, 5.74) is 6.47. The average Bonchev–Trinajstić information content (AvgIpc) is 2.91. The summed E-state index contributed by atoms with van der Waals surface area (Å²) in [5.74, 6) is 0.689. The zero-order valence-electron chi connectivity index (χ0n) is 10.4. The van der Waals surface area contributed by atoms with E-state index in [2.05, 4.69) is 4.98 Å². The molecule has 3 aromatic rings. The summed E-state index contributed by atoms with van der Waals surface area (Å²) in [6, 6.07) is 7.66. The van der Waals surface area contributed by atoms with E-state index in [1.54, 1.807) is 18.2 Å². The fourth-order valence-electron chi connectivity index (χ4n) is 1.83. The SMILES string of the molecule is Nc1c([N+](=O)[O-])ccc(Oc2ccc3ocnc3c2)c1Cl. The molecule has 3 rings (SSSR count). The molecule has 106 valence electrons. The molecule has 8 heteroatoms. The predicted octanol–water partition coefficient (Wildman–Crippen LogP) is 3.76. The van der Waals surface area contributed by atoms with Crippen LogP contribution in [0.4, 0.5) is 11.4 Å². The Bertz CT molecular complexity index is 847. The number of nitro groups is 1. The number of halogens is 1. The maximum atomic E-state index is 10.8. The van der Waals surface area contributed by atoms with E-state index in [1.165, 1.54) is 18.5 Å². The number of rotatable bonds is 3. The van der Waals surface area contributed by atoms with Crippen LogP contribution in [0.15, 0.2) is 41.1 Å². The summed E-state index contributed by atoms with van der Waals surface area (Å²) in [7, 11) is 0. The maximum absolute atomic E-state index is 10.8. The van der Waals surface area contributed by atoms with Crippen molar-refractivity contribution < 1.29 is 14.1 Å². The first-order valence-electron chi connectivity index (χ1n) is 5.80. The van der Waals surface area contributed by atoms with Crippen molar-refractivity contribution in [2.45, 2.75) is 0 Å². The fourth-order valence-corrected chi connectivity index (χ4v) is 2.03. The highest BCUT2D eigenvalue weighted by Crippen LogP contribution is 2.39. The van der Waals surface area contributed by atoms with Gasteiger partial charge in [-0.25, -0.2) is 4.98 Å². The van der Waals surface area contributed by atoms with Crippen LogP contribution in [-0.4, -0.2) is 9.91 Å². The number of fused-ring (bicyclic) bond motifs is 1. The number of benzene rings is 2. The molecule has 2 N–H and O–H groups in total. The van der Waals surface area contributed by atoms with Gasteiger partial charge in [-0.3, -0.25) is 10.1 Å². The summed E-state index contributed by atoms with van der Waals surface area (Å²) in [6.45, 7) is 0. The highest BCUT2D eigenvalue weighted by molar-refractivity contribution is 6.35. The molecule has 7 nitrogen and oxygen atoms in total. The second-order valence-electron chi connectivity index (χ2n) is 4.15. The van der Waals surface area contributed by atoms with Crippen LogP contribution in [0.1, 0.15) is 0 Å². The second kappa shape index (κ2) is 4.95. The Labute approximate surface area is 123 Å². The number of hydrogen-bond donors (Lipinski definition) is 1. The van der Waals surface area contributed by atoms with Crippen molar-refractivity contribution in [1.29, 1.82) is 0 Å². The highest BCUT2D eigenvalue weighted by atomic mass is 35.5. The number of nitrogens with zero attached hydrogens (tertiary/aromatic N) is 2. The lowest BCUT2D eigenvalue weighted by Gasteiger charge is -2.09. The van der Waals surface area contributed by atoms with Crippen molar-refractivity contribution in [3.05, 3.63) is 51.9 Å². The first-order valence-corrected chi connectivity index (χ1v) is 6.17. The lowest BCUT2D eigenvalue weighted by Crippen LogP contribution is -1.97. The highest BCUT2D eigenvalue weighted by Gasteiger charge is 2.18. The van der Waals surface area contributed by atoms with E-state index in [0.29, 0.717) is 16.8 Å². The minimum atomic E-state index is -0.605. The quantitative estimate of drug-likeness (QED) is 0.448. The molecule has 0 atom stereocenters. The van der Waals surface area contributed by atoms with Gasteiger partial charge in [0.05, 0.1) is 4.92 Å². The fraction of sp³-hybridized carbons (Fsp3) is 0. The van der Waals surface area contributed by atoms with Gasteiger partial charge in [-0.2, -0.15) is 0 Å². The smallest absolute Gasteiger partial charge is 0.293 e. The van der Waals surface area contributed by atoms with Crippen molar-refractivity contribution in [2.75, 3.05) is 5.73 Å². The van der Waals surface area contributed by atoms with Crippen LogP contribution in [0.2, 0.25) is 5.02 Å². The molecule has 1 heterocycles. The minimum absolute atomic E-state index is 0.00977. The van der Waals surface area contributed by atoms with Gasteiger partial charge in [0.25, 0.3) is 5.69 Å². The van der Waals surface area contributed by atoms with Crippen molar-refractivity contribution in [1.82, 2.24) is 4.98 Å². The van der Waals surface area contributed by atoms with E-state index in [1.807, 2.05) is 0 Å². The number of ether oxygens (including phenoxy) is 1. The van der Waals surface area contributed by atoms with Gasteiger partial charge in [0.1, 0.15) is 27.7 Å². The Morgan fingerprint density at radius 1 is 1.33 bits per heavy atom. The number of nitrogen functional groups attached to an aromatic ring is 1. The minimum Gasteiger partial charge on any atom is -0.456 e. The van der Waals surface area contributed by atoms with E-state index in [9.17, 15) is 10.1 Å². The third-order valence-corrected chi connectivity index (χ3v) is 3.24. The Hall–Kier alpha value is -2.80. The molecule has 1 aromatic heterocycles. The van der Waals surface area contributed by atoms with E-state index in [4.69, 9.17) is 26.5 Å². The first kappa shape index (κ1) is 13.2. The van der Waals surface area contributed by atoms with Crippen LogP contribution in [0.5, 0.6) is 11.5 Å². The molecule has 0 aliphatic carbocycles. The van der Waals surface area contributed by atoms with Crippen molar-refractivity contribution in [3.63, 3.8) is 0 Å². The molecule has 0 saturated heterocycles. The van der Waals surface area contributed by atoms with Gasteiger partial charge in [0.15, 0.2) is 12.0 Å². The zero-order chi connectivity index (χ0) is 15.0. The lowest BCUT2D eigenvalue weighted by molar-refractivity contribution is -0.383. The summed E-state index contributed by atoms with van der Waals surface area (Å²) >= 11 is 6.00. The summed E-state index contributed by atoms with van der Waals surface area (Å²) < 4.78 is 10.7. The first-order chi connectivity index (χ1) is 10.1. The summed E-state index contributed by atoms with van der Waals surface area (Å²) in [4.78, 5) is 14.2. The van der Waals surface area contributed by atoms with Gasteiger partial charge < -0.3 is 14.9 Å². The number of nitrogens with two attached hydrogens (primary N) is 1. The second-order valence-corrected chi connectivity index (χ2v) is 4.53. The standard InChI is InChI=1S/C13H8ClN3O4/c14-12-11(4-2-9(13(12)15)17(18)19)21-7-1-3-10-8(5-7)16-6-20-10/h1-6H,15H2. The van der Waals surface area contributed by atoms with Crippen LogP contribution >= 0.6 is 11.6 Å². The molecule has 0 unspecified atom stereocenters. The van der Waals surface area contributed by atoms with Gasteiger partial charge in [0.2, 0.25) is 0 Å². The topological polar surface area (TPSA) is 104 Å². The third-order valence-electron chi connectivity index (χ3n) is 2.85. The van der Waals surface area contributed by atoms with E-state index in [-0.39, 0.29) is 22.1 Å². The Kier molecular flexibility index (Phi) is 3.11. The molecular formula is C13H8ClN3O4. The third kappa shape index (κ3) is 2.34. The molecule has 0 radical (unpaired) electrons. The number of hydrogen-bond acceptors (Lipinski definition) is 6. The molecule has 0 fully saturated rings. The molecule has 0 aliphatic rings. The van der Waals surface area contributed by atoms with E-state index >= 15 is 0 Å². The van der Waals surface area contributed by atoms with Crippen molar-refractivity contribution in [3.8, 4) is 11.5 Å².